The van der Waals surface area contributed by atoms with Gasteiger partial charge in [0.2, 0.25) is 5.88 Å². The Hall–Kier alpha value is -2.89. The summed E-state index contributed by atoms with van der Waals surface area (Å²) in [5.74, 6) is 0.950. The lowest BCUT2D eigenvalue weighted by molar-refractivity contribution is 0.0588. The molecule has 6 heteroatoms. The van der Waals surface area contributed by atoms with Crippen molar-refractivity contribution in [1.29, 1.82) is 0 Å². The first-order valence-corrected chi connectivity index (χ1v) is 10.1. The van der Waals surface area contributed by atoms with E-state index in [9.17, 15) is 9.59 Å². The molecule has 0 radical (unpaired) electrons. The zero-order valence-electron chi connectivity index (χ0n) is 17.6. The predicted molar refractivity (Wildman–Crippen MR) is 112 cm³/mol. The van der Waals surface area contributed by atoms with Crippen LogP contribution in [-0.4, -0.2) is 59.9 Å². The minimum absolute atomic E-state index is 0.0188. The Bertz CT molecular complexity index is 837. The molecule has 3 rings (SSSR count). The molecule has 1 fully saturated rings. The van der Waals surface area contributed by atoms with Crippen molar-refractivity contribution in [1.82, 2.24) is 14.8 Å². The molecule has 2 heterocycles. The number of carbonyl (C=O) groups is 2. The Balaban J connectivity index is 1.52. The van der Waals surface area contributed by atoms with Crippen LogP contribution in [0.1, 0.15) is 58.9 Å². The van der Waals surface area contributed by atoms with Gasteiger partial charge >= 0.3 is 0 Å². The third-order valence-corrected chi connectivity index (χ3v) is 5.23. The van der Waals surface area contributed by atoms with Crippen LogP contribution in [0.5, 0.6) is 5.88 Å². The van der Waals surface area contributed by atoms with Gasteiger partial charge in [-0.1, -0.05) is 26.0 Å². The molecule has 1 aromatic carbocycles. The summed E-state index contributed by atoms with van der Waals surface area (Å²) in [5.41, 5.74) is 2.50. The lowest BCUT2D eigenvalue weighted by Crippen LogP contribution is -2.41. The van der Waals surface area contributed by atoms with Gasteiger partial charge in [0.1, 0.15) is 6.10 Å². The molecule has 2 aromatic rings. The molecule has 154 valence electrons. The van der Waals surface area contributed by atoms with E-state index in [0.29, 0.717) is 30.5 Å². The molecule has 1 aliphatic rings. The number of hydrogen-bond donors (Lipinski definition) is 0. The molecule has 29 heavy (non-hydrogen) atoms. The first kappa shape index (κ1) is 20.8. The number of pyridine rings is 1. The van der Waals surface area contributed by atoms with Gasteiger partial charge in [-0.15, -0.1) is 0 Å². The van der Waals surface area contributed by atoms with E-state index in [1.165, 1.54) is 16.7 Å². The summed E-state index contributed by atoms with van der Waals surface area (Å²) in [5, 5.41) is 0. The highest BCUT2D eigenvalue weighted by atomic mass is 16.5. The molecule has 1 saturated heterocycles. The van der Waals surface area contributed by atoms with E-state index in [2.05, 4.69) is 18.8 Å². The normalized spacial score (nSPS) is 14.7. The molecule has 1 aromatic heterocycles. The highest BCUT2D eigenvalue weighted by molar-refractivity contribution is 5.94. The highest BCUT2D eigenvalue weighted by Crippen LogP contribution is 2.20. The molecule has 1 aliphatic heterocycles. The molecular weight excluding hydrogens is 366 g/mol. The van der Waals surface area contributed by atoms with Gasteiger partial charge in [0.15, 0.2) is 0 Å². The van der Waals surface area contributed by atoms with E-state index in [-0.39, 0.29) is 17.9 Å². The first-order chi connectivity index (χ1) is 13.8. The van der Waals surface area contributed by atoms with Crippen LogP contribution in [0.3, 0.4) is 0 Å². The molecule has 0 saturated carbocycles. The van der Waals surface area contributed by atoms with E-state index in [0.717, 1.165) is 18.4 Å². The zero-order valence-corrected chi connectivity index (χ0v) is 17.6. The van der Waals surface area contributed by atoms with E-state index in [1.807, 2.05) is 29.2 Å². The number of hydrogen-bond acceptors (Lipinski definition) is 4. The van der Waals surface area contributed by atoms with Gasteiger partial charge in [-0.3, -0.25) is 9.59 Å². The average Bonchev–Trinajstić information content (AvgIpc) is 2.74. The summed E-state index contributed by atoms with van der Waals surface area (Å²) in [7, 11) is 3.42. The van der Waals surface area contributed by atoms with Gasteiger partial charge in [0.05, 0.1) is 5.56 Å². The second-order valence-corrected chi connectivity index (χ2v) is 7.97. The summed E-state index contributed by atoms with van der Waals surface area (Å²) in [6, 6.07) is 11.4. The molecule has 0 atom stereocenters. The molecule has 0 N–H and O–H groups in total. The third-order valence-electron chi connectivity index (χ3n) is 5.23. The summed E-state index contributed by atoms with van der Waals surface area (Å²) >= 11 is 0. The van der Waals surface area contributed by atoms with Crippen molar-refractivity contribution in [2.75, 3.05) is 27.2 Å². The smallest absolute Gasteiger partial charge is 0.254 e. The minimum Gasteiger partial charge on any atom is -0.474 e. The van der Waals surface area contributed by atoms with Crippen LogP contribution in [0.15, 0.2) is 42.6 Å². The lowest BCUT2D eigenvalue weighted by atomic mass is 10.0. The Kier molecular flexibility index (Phi) is 6.52. The van der Waals surface area contributed by atoms with E-state index >= 15 is 0 Å². The van der Waals surface area contributed by atoms with E-state index in [4.69, 9.17) is 4.74 Å². The largest absolute Gasteiger partial charge is 0.474 e. The van der Waals surface area contributed by atoms with Crippen molar-refractivity contribution in [2.45, 2.75) is 38.7 Å². The molecule has 0 unspecified atom stereocenters. The Labute approximate surface area is 172 Å². The fourth-order valence-electron chi connectivity index (χ4n) is 3.38. The maximum atomic E-state index is 12.7. The monoisotopic (exact) mass is 395 g/mol. The number of aromatic nitrogens is 1. The fraction of sp³-hybridized carbons (Fsp3) is 0.435. The maximum Gasteiger partial charge on any atom is 0.254 e. The Morgan fingerprint density at radius 1 is 1.03 bits per heavy atom. The minimum atomic E-state index is -0.0858. The number of nitrogens with zero attached hydrogens (tertiary/aromatic N) is 3. The van der Waals surface area contributed by atoms with Gasteiger partial charge in [-0.05, 0) is 29.7 Å². The van der Waals surface area contributed by atoms with E-state index in [1.54, 1.807) is 26.2 Å². The fourth-order valence-corrected chi connectivity index (χ4v) is 3.38. The van der Waals surface area contributed by atoms with Gasteiger partial charge in [-0.25, -0.2) is 4.98 Å². The van der Waals surface area contributed by atoms with Gasteiger partial charge < -0.3 is 14.5 Å². The van der Waals surface area contributed by atoms with Gasteiger partial charge in [-0.2, -0.15) is 0 Å². The number of likely N-dealkylation sites (tertiary alicyclic amines) is 1. The SMILES string of the molecule is CC(C)c1ccc(C(=O)N2CCC(Oc3ccc(C(=O)N(C)C)cn3)CC2)cc1. The van der Waals surface area contributed by atoms with E-state index < -0.39 is 0 Å². The second kappa shape index (κ2) is 9.07. The third kappa shape index (κ3) is 5.13. The van der Waals surface area contributed by atoms with Gasteiger partial charge in [0, 0.05) is 57.9 Å². The van der Waals surface area contributed by atoms with Crippen LogP contribution in [0.4, 0.5) is 0 Å². The first-order valence-electron chi connectivity index (χ1n) is 10.1. The molecule has 0 aliphatic carbocycles. The summed E-state index contributed by atoms with van der Waals surface area (Å²) in [6.45, 7) is 5.60. The lowest BCUT2D eigenvalue weighted by Gasteiger charge is -2.32. The van der Waals surface area contributed by atoms with Crippen molar-refractivity contribution < 1.29 is 14.3 Å². The number of carbonyl (C=O) groups excluding carboxylic acids is 2. The quantitative estimate of drug-likeness (QED) is 0.776. The number of ether oxygens (including phenoxy) is 1. The maximum absolute atomic E-state index is 12.7. The average molecular weight is 396 g/mol. The molecule has 6 nitrogen and oxygen atoms in total. The molecule has 2 amide bonds. The molecule has 0 spiro atoms. The summed E-state index contributed by atoms with van der Waals surface area (Å²) < 4.78 is 5.95. The van der Waals surface area contributed by atoms with Crippen molar-refractivity contribution in [3.8, 4) is 5.88 Å². The van der Waals surface area contributed by atoms with Crippen molar-refractivity contribution in [3.63, 3.8) is 0 Å². The van der Waals surface area contributed by atoms with Gasteiger partial charge in [0.25, 0.3) is 11.8 Å². The van der Waals surface area contributed by atoms with Crippen molar-refractivity contribution in [2.24, 2.45) is 0 Å². The van der Waals surface area contributed by atoms with Crippen LogP contribution in [-0.2, 0) is 0 Å². The number of piperidine rings is 1. The summed E-state index contributed by atoms with van der Waals surface area (Å²) in [6.07, 6.45) is 3.08. The Morgan fingerprint density at radius 3 is 2.17 bits per heavy atom. The highest BCUT2D eigenvalue weighted by Gasteiger charge is 2.25. The van der Waals surface area contributed by atoms with Crippen LogP contribution in [0, 0.1) is 0 Å². The summed E-state index contributed by atoms with van der Waals surface area (Å²) in [4.78, 5) is 32.3. The zero-order chi connectivity index (χ0) is 21.0. The van der Waals surface area contributed by atoms with Crippen molar-refractivity contribution in [3.05, 3.63) is 59.3 Å². The number of rotatable bonds is 5. The molecule has 0 bridgehead atoms. The topological polar surface area (TPSA) is 62.7 Å². The second-order valence-electron chi connectivity index (χ2n) is 7.97. The molecular formula is C23H29N3O3. The van der Waals surface area contributed by atoms with Crippen LogP contribution in [0.2, 0.25) is 0 Å². The Morgan fingerprint density at radius 2 is 1.66 bits per heavy atom. The predicted octanol–water partition coefficient (Wildman–Crippen LogP) is 3.59. The van der Waals surface area contributed by atoms with Crippen LogP contribution in [0.25, 0.3) is 0 Å². The van der Waals surface area contributed by atoms with Crippen LogP contribution < -0.4 is 4.74 Å². The number of amides is 2. The standard InChI is InChI=1S/C23H29N3O3/c1-16(2)17-5-7-18(8-6-17)23(28)26-13-11-20(12-14-26)29-21-10-9-19(15-24-21)22(27)25(3)4/h5-10,15-16,20H,11-14H2,1-4H3. The van der Waals surface area contributed by atoms with Crippen LogP contribution >= 0.6 is 0 Å². The van der Waals surface area contributed by atoms with Crippen molar-refractivity contribution >= 4 is 11.8 Å². The number of benzene rings is 1.